The molecule has 0 saturated heterocycles. The molecular formula is C12H17N3S. The molecule has 16 heavy (non-hydrogen) atoms. The van der Waals surface area contributed by atoms with Gasteiger partial charge in [0.05, 0.1) is 18.6 Å². The summed E-state index contributed by atoms with van der Waals surface area (Å²) in [4.78, 5) is 6.90. The van der Waals surface area contributed by atoms with E-state index in [-0.39, 0.29) is 6.04 Å². The summed E-state index contributed by atoms with van der Waals surface area (Å²) >= 11 is 1.84. The number of rotatable bonds is 3. The molecule has 0 aliphatic heterocycles. The first-order valence-electron chi connectivity index (χ1n) is 5.39. The minimum absolute atomic E-state index is 0.0321. The van der Waals surface area contributed by atoms with Crippen LogP contribution in [-0.4, -0.2) is 9.55 Å². The van der Waals surface area contributed by atoms with Crippen molar-refractivity contribution in [2.75, 3.05) is 0 Å². The van der Waals surface area contributed by atoms with E-state index in [0.717, 1.165) is 12.2 Å². The van der Waals surface area contributed by atoms with Crippen molar-refractivity contribution in [2.45, 2.75) is 33.4 Å². The topological polar surface area (TPSA) is 43.8 Å². The smallest absolute Gasteiger partial charge is 0.0952 e. The molecule has 2 N–H and O–H groups in total. The third-order valence-electron chi connectivity index (χ3n) is 2.75. The zero-order valence-electron chi connectivity index (χ0n) is 9.90. The zero-order chi connectivity index (χ0) is 11.7. The molecule has 4 heteroatoms. The van der Waals surface area contributed by atoms with E-state index >= 15 is 0 Å². The summed E-state index contributed by atoms with van der Waals surface area (Å²) in [5, 5.41) is 0. The Labute approximate surface area is 99.9 Å². The van der Waals surface area contributed by atoms with Gasteiger partial charge in [0.25, 0.3) is 0 Å². The summed E-state index contributed by atoms with van der Waals surface area (Å²) in [6.45, 7) is 7.16. The van der Waals surface area contributed by atoms with E-state index < -0.39 is 0 Å². The van der Waals surface area contributed by atoms with Crippen molar-refractivity contribution in [3.05, 3.63) is 39.6 Å². The molecule has 0 aromatic carbocycles. The molecule has 1 unspecified atom stereocenters. The Morgan fingerprint density at radius 3 is 2.81 bits per heavy atom. The molecule has 0 saturated carbocycles. The maximum Gasteiger partial charge on any atom is 0.0952 e. The first-order chi connectivity index (χ1) is 7.58. The molecule has 2 rings (SSSR count). The average molecular weight is 235 g/mol. The van der Waals surface area contributed by atoms with Gasteiger partial charge < -0.3 is 10.3 Å². The molecule has 0 spiro atoms. The number of nitrogens with two attached hydrogens (primary N) is 1. The van der Waals surface area contributed by atoms with Gasteiger partial charge in [0.15, 0.2) is 0 Å². The fourth-order valence-corrected chi connectivity index (χ4v) is 2.79. The standard InChI is InChI=1S/C12H17N3S/c1-8-4-11(16-10(8)3)6-15-7-14-5-12(15)9(2)13/h4-5,7,9H,6,13H2,1-3H3. The number of hydrogen-bond donors (Lipinski definition) is 1. The van der Waals surface area contributed by atoms with Crippen LogP contribution in [0.15, 0.2) is 18.6 Å². The van der Waals surface area contributed by atoms with Gasteiger partial charge in [-0.25, -0.2) is 4.98 Å². The number of nitrogens with zero attached hydrogens (tertiary/aromatic N) is 2. The maximum absolute atomic E-state index is 5.89. The second kappa shape index (κ2) is 4.39. The summed E-state index contributed by atoms with van der Waals surface area (Å²) in [6, 6.07) is 2.27. The predicted molar refractivity (Wildman–Crippen MR) is 67.7 cm³/mol. The summed E-state index contributed by atoms with van der Waals surface area (Å²) < 4.78 is 2.12. The van der Waals surface area contributed by atoms with Crippen molar-refractivity contribution in [1.82, 2.24) is 9.55 Å². The van der Waals surface area contributed by atoms with Crippen molar-refractivity contribution in [3.8, 4) is 0 Å². The fourth-order valence-electron chi connectivity index (χ4n) is 1.74. The Kier molecular flexibility index (Phi) is 3.12. The lowest BCUT2D eigenvalue weighted by atomic mass is 10.2. The number of thiophene rings is 1. The Morgan fingerprint density at radius 1 is 1.50 bits per heavy atom. The summed E-state index contributed by atoms with van der Waals surface area (Å²) in [6.07, 6.45) is 3.70. The highest BCUT2D eigenvalue weighted by Gasteiger charge is 2.08. The maximum atomic E-state index is 5.89. The fraction of sp³-hybridized carbons (Fsp3) is 0.417. The van der Waals surface area contributed by atoms with E-state index in [9.17, 15) is 0 Å². The van der Waals surface area contributed by atoms with E-state index in [1.165, 1.54) is 15.3 Å². The Balaban J connectivity index is 2.23. The SMILES string of the molecule is Cc1cc(Cn2cncc2C(C)N)sc1C. The van der Waals surface area contributed by atoms with Gasteiger partial charge in [-0.15, -0.1) is 11.3 Å². The molecule has 0 aliphatic carbocycles. The molecule has 2 aromatic heterocycles. The number of hydrogen-bond acceptors (Lipinski definition) is 3. The quantitative estimate of drug-likeness (QED) is 0.888. The van der Waals surface area contributed by atoms with Gasteiger partial charge in [-0.05, 0) is 32.4 Å². The second-order valence-corrected chi connectivity index (χ2v) is 5.53. The molecule has 2 heterocycles. The van der Waals surface area contributed by atoms with Gasteiger partial charge in [-0.2, -0.15) is 0 Å². The van der Waals surface area contributed by atoms with Gasteiger partial charge >= 0.3 is 0 Å². The first kappa shape index (κ1) is 11.4. The third-order valence-corrected chi connectivity index (χ3v) is 3.89. The van der Waals surface area contributed by atoms with Crippen LogP contribution in [-0.2, 0) is 6.54 Å². The van der Waals surface area contributed by atoms with Crippen molar-refractivity contribution >= 4 is 11.3 Å². The van der Waals surface area contributed by atoms with E-state index in [4.69, 9.17) is 5.73 Å². The van der Waals surface area contributed by atoms with Crippen LogP contribution in [0.25, 0.3) is 0 Å². The molecule has 86 valence electrons. The monoisotopic (exact) mass is 235 g/mol. The first-order valence-corrected chi connectivity index (χ1v) is 6.21. The van der Waals surface area contributed by atoms with E-state index in [1.807, 2.05) is 30.8 Å². The minimum Gasteiger partial charge on any atom is -0.328 e. The van der Waals surface area contributed by atoms with Crippen LogP contribution in [0.1, 0.15) is 34.0 Å². The van der Waals surface area contributed by atoms with Crippen LogP contribution in [0.5, 0.6) is 0 Å². The second-order valence-electron chi connectivity index (χ2n) is 4.19. The van der Waals surface area contributed by atoms with E-state index in [1.54, 1.807) is 0 Å². The van der Waals surface area contributed by atoms with E-state index in [0.29, 0.717) is 0 Å². The Hall–Kier alpha value is -1.13. The van der Waals surface area contributed by atoms with E-state index in [2.05, 4.69) is 29.5 Å². The van der Waals surface area contributed by atoms with Gasteiger partial charge in [-0.3, -0.25) is 0 Å². The third kappa shape index (κ3) is 2.18. The highest BCUT2D eigenvalue weighted by Crippen LogP contribution is 2.22. The lowest BCUT2D eigenvalue weighted by Crippen LogP contribution is -2.11. The van der Waals surface area contributed by atoms with Crippen molar-refractivity contribution in [2.24, 2.45) is 5.73 Å². The van der Waals surface area contributed by atoms with Crippen molar-refractivity contribution in [1.29, 1.82) is 0 Å². The van der Waals surface area contributed by atoms with Crippen LogP contribution in [0.3, 0.4) is 0 Å². The molecule has 0 bridgehead atoms. The van der Waals surface area contributed by atoms with Crippen LogP contribution < -0.4 is 5.73 Å². The lowest BCUT2D eigenvalue weighted by Gasteiger charge is -2.09. The number of aryl methyl sites for hydroxylation is 2. The molecular weight excluding hydrogens is 218 g/mol. The molecule has 2 aromatic rings. The lowest BCUT2D eigenvalue weighted by molar-refractivity contribution is 0.679. The molecule has 0 aliphatic rings. The summed E-state index contributed by atoms with van der Waals surface area (Å²) in [7, 11) is 0. The normalized spacial score (nSPS) is 13.0. The number of aromatic nitrogens is 2. The number of imidazole rings is 1. The summed E-state index contributed by atoms with van der Waals surface area (Å²) in [5.74, 6) is 0. The molecule has 0 fully saturated rings. The molecule has 0 amide bonds. The zero-order valence-corrected chi connectivity index (χ0v) is 10.7. The van der Waals surface area contributed by atoms with Gasteiger partial charge in [0.1, 0.15) is 0 Å². The van der Waals surface area contributed by atoms with Crippen LogP contribution in [0.2, 0.25) is 0 Å². The molecule has 1 atom stereocenters. The predicted octanol–water partition coefficient (Wildman–Crippen LogP) is 2.63. The Morgan fingerprint density at radius 2 is 2.25 bits per heavy atom. The largest absolute Gasteiger partial charge is 0.328 e. The summed E-state index contributed by atoms with van der Waals surface area (Å²) in [5.41, 5.74) is 8.34. The molecule has 3 nitrogen and oxygen atoms in total. The highest BCUT2D eigenvalue weighted by atomic mass is 32.1. The Bertz CT molecular complexity index is 463. The van der Waals surface area contributed by atoms with Gasteiger partial charge in [0.2, 0.25) is 0 Å². The van der Waals surface area contributed by atoms with Crippen LogP contribution >= 0.6 is 11.3 Å². The van der Waals surface area contributed by atoms with Crippen LogP contribution in [0.4, 0.5) is 0 Å². The highest BCUT2D eigenvalue weighted by molar-refractivity contribution is 7.12. The van der Waals surface area contributed by atoms with Crippen LogP contribution in [0, 0.1) is 13.8 Å². The van der Waals surface area contributed by atoms with Gasteiger partial charge in [-0.1, -0.05) is 0 Å². The van der Waals surface area contributed by atoms with Crippen molar-refractivity contribution < 1.29 is 0 Å². The molecule has 0 radical (unpaired) electrons. The van der Waals surface area contributed by atoms with Crippen molar-refractivity contribution in [3.63, 3.8) is 0 Å². The van der Waals surface area contributed by atoms with Gasteiger partial charge in [0, 0.05) is 22.0 Å². The average Bonchev–Trinajstić information content (AvgIpc) is 2.75. The minimum atomic E-state index is 0.0321.